The molecule has 0 saturated carbocycles. The summed E-state index contributed by atoms with van der Waals surface area (Å²) in [6.07, 6.45) is 1.93. The van der Waals surface area contributed by atoms with Crippen molar-refractivity contribution in [2.75, 3.05) is 11.2 Å². The van der Waals surface area contributed by atoms with Gasteiger partial charge >= 0.3 is 6.03 Å². The largest absolute Gasteiger partial charge is 0.329 e. The van der Waals surface area contributed by atoms with E-state index < -0.39 is 6.04 Å². The molecule has 1 aliphatic heterocycles. The number of carbonyl (C=O) groups is 2. The number of nitrogens with one attached hydrogen (secondary N) is 1. The Morgan fingerprint density at radius 2 is 2.00 bits per heavy atom. The number of amides is 3. The first-order valence-corrected chi connectivity index (χ1v) is 7.08. The lowest BCUT2D eigenvalue weighted by atomic mass is 10.1. The first kappa shape index (κ1) is 13.0. The summed E-state index contributed by atoms with van der Waals surface area (Å²) in [5, 5.41) is 2.81. The second-order valence-corrected chi connectivity index (χ2v) is 5.54. The minimum Gasteiger partial charge on any atom is -0.324 e. The van der Waals surface area contributed by atoms with Crippen LogP contribution in [0.5, 0.6) is 0 Å². The van der Waals surface area contributed by atoms with Crippen molar-refractivity contribution in [2.45, 2.75) is 25.1 Å². The molecule has 5 heteroatoms. The third kappa shape index (κ3) is 2.10. The molecule has 2 unspecified atom stereocenters. The molecule has 1 heterocycles. The van der Waals surface area contributed by atoms with Gasteiger partial charge in [0.1, 0.15) is 6.04 Å². The second kappa shape index (κ2) is 5.02. The van der Waals surface area contributed by atoms with Crippen LogP contribution in [-0.4, -0.2) is 29.5 Å². The van der Waals surface area contributed by atoms with Gasteiger partial charge in [-0.05, 0) is 24.8 Å². The number of hydrogen-bond donors (Lipinski definition) is 1. The summed E-state index contributed by atoms with van der Waals surface area (Å²) in [6.45, 7) is 3.83. The van der Waals surface area contributed by atoms with E-state index in [1.54, 1.807) is 17.8 Å². The Bertz CT molecular complexity index is 490. The van der Waals surface area contributed by atoms with E-state index in [0.717, 1.165) is 5.56 Å². The summed E-state index contributed by atoms with van der Waals surface area (Å²) < 4.78 is 0. The highest BCUT2D eigenvalue weighted by Crippen LogP contribution is 2.26. The summed E-state index contributed by atoms with van der Waals surface area (Å²) in [5.74, 6) is -0.170. The number of benzene rings is 1. The maximum atomic E-state index is 12.3. The Balaban J connectivity index is 2.33. The van der Waals surface area contributed by atoms with Crippen LogP contribution >= 0.6 is 11.8 Å². The number of carbonyl (C=O) groups excluding carboxylic acids is 2. The molecule has 3 amide bonds. The highest BCUT2D eigenvalue weighted by Gasteiger charge is 2.41. The molecule has 0 aliphatic carbocycles. The van der Waals surface area contributed by atoms with Gasteiger partial charge in [-0.15, -0.1) is 0 Å². The fraction of sp³-hybridized carbons (Fsp3) is 0.385. The van der Waals surface area contributed by atoms with Crippen molar-refractivity contribution >= 4 is 29.4 Å². The van der Waals surface area contributed by atoms with E-state index in [2.05, 4.69) is 5.32 Å². The van der Waals surface area contributed by atoms with Gasteiger partial charge < -0.3 is 5.32 Å². The van der Waals surface area contributed by atoms with Gasteiger partial charge in [0, 0.05) is 5.25 Å². The molecule has 0 spiro atoms. The summed E-state index contributed by atoms with van der Waals surface area (Å²) >= 11 is 1.57. The van der Waals surface area contributed by atoms with Gasteiger partial charge in [0.2, 0.25) is 0 Å². The fourth-order valence-electron chi connectivity index (χ4n) is 2.00. The zero-order chi connectivity index (χ0) is 13.3. The normalized spacial score (nSPS) is 21.1. The molecule has 1 fully saturated rings. The zero-order valence-corrected chi connectivity index (χ0v) is 11.5. The molecular weight excluding hydrogens is 248 g/mol. The van der Waals surface area contributed by atoms with E-state index in [1.165, 1.54) is 4.90 Å². The predicted molar refractivity (Wildman–Crippen MR) is 74.0 cm³/mol. The number of rotatable bonds is 3. The van der Waals surface area contributed by atoms with E-state index >= 15 is 0 Å². The molecular formula is C13H16N2O2S. The summed E-state index contributed by atoms with van der Waals surface area (Å²) in [4.78, 5) is 25.5. The van der Waals surface area contributed by atoms with Gasteiger partial charge in [0.15, 0.2) is 0 Å². The molecule has 0 bridgehead atoms. The van der Waals surface area contributed by atoms with Gasteiger partial charge in [0.05, 0.1) is 5.69 Å². The van der Waals surface area contributed by atoms with E-state index in [0.29, 0.717) is 5.69 Å². The van der Waals surface area contributed by atoms with Crippen molar-refractivity contribution in [3.8, 4) is 0 Å². The summed E-state index contributed by atoms with van der Waals surface area (Å²) in [5.41, 5.74) is 1.58. The van der Waals surface area contributed by atoms with E-state index in [-0.39, 0.29) is 17.2 Å². The number of anilines is 1. The average Bonchev–Trinajstić information content (AvgIpc) is 2.65. The molecule has 18 heavy (non-hydrogen) atoms. The van der Waals surface area contributed by atoms with Crippen molar-refractivity contribution in [1.29, 1.82) is 0 Å². The molecule has 1 aromatic carbocycles. The Morgan fingerprint density at radius 3 is 2.61 bits per heavy atom. The third-order valence-corrected chi connectivity index (χ3v) is 4.18. The molecule has 2 atom stereocenters. The maximum absolute atomic E-state index is 12.3. The number of para-hydroxylation sites is 1. The highest BCUT2D eigenvalue weighted by molar-refractivity contribution is 7.99. The Labute approximate surface area is 111 Å². The SMILES string of the molecule is CSC(C)C1NC(=O)N(c2ccccc2C)C1=O. The average molecular weight is 264 g/mol. The van der Waals surface area contributed by atoms with Crippen LogP contribution in [-0.2, 0) is 4.79 Å². The van der Waals surface area contributed by atoms with E-state index in [9.17, 15) is 9.59 Å². The molecule has 0 radical (unpaired) electrons. The fourth-order valence-corrected chi connectivity index (χ4v) is 2.45. The van der Waals surface area contributed by atoms with Crippen molar-refractivity contribution < 1.29 is 9.59 Å². The summed E-state index contributed by atoms with van der Waals surface area (Å²) in [7, 11) is 0. The van der Waals surface area contributed by atoms with Gasteiger partial charge in [-0.25, -0.2) is 9.69 Å². The first-order chi connectivity index (χ1) is 8.56. The van der Waals surface area contributed by atoms with Crippen molar-refractivity contribution in [3.63, 3.8) is 0 Å². The number of nitrogens with zero attached hydrogens (tertiary/aromatic N) is 1. The van der Waals surface area contributed by atoms with Gasteiger partial charge in [-0.3, -0.25) is 4.79 Å². The molecule has 4 nitrogen and oxygen atoms in total. The van der Waals surface area contributed by atoms with Crippen LogP contribution in [0.1, 0.15) is 12.5 Å². The molecule has 2 rings (SSSR count). The van der Waals surface area contributed by atoms with Gasteiger partial charge in [-0.1, -0.05) is 25.1 Å². The molecule has 1 aromatic rings. The number of urea groups is 1. The van der Waals surface area contributed by atoms with Crippen LogP contribution in [0.3, 0.4) is 0 Å². The lowest BCUT2D eigenvalue weighted by Gasteiger charge is -2.17. The number of hydrogen-bond acceptors (Lipinski definition) is 3. The third-order valence-electron chi connectivity index (χ3n) is 3.17. The van der Waals surface area contributed by atoms with Crippen molar-refractivity contribution in [2.24, 2.45) is 0 Å². The molecule has 1 N–H and O–H groups in total. The first-order valence-electron chi connectivity index (χ1n) is 5.79. The second-order valence-electron chi connectivity index (χ2n) is 4.33. The number of imide groups is 1. The Hall–Kier alpha value is -1.49. The van der Waals surface area contributed by atoms with Gasteiger partial charge in [-0.2, -0.15) is 11.8 Å². The standard InChI is InChI=1S/C13H16N2O2S/c1-8-6-4-5-7-10(8)15-12(16)11(9(2)18-3)14-13(15)17/h4-7,9,11H,1-3H3,(H,14,17). The molecule has 1 saturated heterocycles. The molecule has 96 valence electrons. The van der Waals surface area contributed by atoms with Crippen LogP contribution in [0, 0.1) is 6.92 Å². The van der Waals surface area contributed by atoms with Crippen LogP contribution in [0.4, 0.5) is 10.5 Å². The number of thioether (sulfide) groups is 1. The number of aryl methyl sites for hydroxylation is 1. The minimum atomic E-state index is -0.438. The zero-order valence-electron chi connectivity index (χ0n) is 10.6. The van der Waals surface area contributed by atoms with Crippen LogP contribution in [0.15, 0.2) is 24.3 Å². The lowest BCUT2D eigenvalue weighted by molar-refractivity contribution is -0.118. The van der Waals surface area contributed by atoms with Crippen LogP contribution in [0.25, 0.3) is 0 Å². The van der Waals surface area contributed by atoms with Crippen molar-refractivity contribution in [3.05, 3.63) is 29.8 Å². The minimum absolute atomic E-state index is 0.0652. The van der Waals surface area contributed by atoms with E-state index in [1.807, 2.05) is 38.3 Å². The predicted octanol–water partition coefficient (Wildman–Crippen LogP) is 2.17. The lowest BCUT2D eigenvalue weighted by Crippen LogP contribution is -2.37. The smallest absolute Gasteiger partial charge is 0.324 e. The monoisotopic (exact) mass is 264 g/mol. The quantitative estimate of drug-likeness (QED) is 0.851. The van der Waals surface area contributed by atoms with Crippen LogP contribution in [0.2, 0.25) is 0 Å². The van der Waals surface area contributed by atoms with Crippen LogP contribution < -0.4 is 10.2 Å². The highest BCUT2D eigenvalue weighted by atomic mass is 32.2. The molecule has 0 aromatic heterocycles. The topological polar surface area (TPSA) is 49.4 Å². The Kier molecular flexibility index (Phi) is 3.61. The summed E-state index contributed by atoms with van der Waals surface area (Å²) in [6, 6.07) is 6.63. The van der Waals surface area contributed by atoms with E-state index in [4.69, 9.17) is 0 Å². The van der Waals surface area contributed by atoms with Crippen molar-refractivity contribution in [1.82, 2.24) is 5.32 Å². The molecule has 1 aliphatic rings. The maximum Gasteiger partial charge on any atom is 0.329 e. The Morgan fingerprint density at radius 1 is 1.33 bits per heavy atom. The van der Waals surface area contributed by atoms with Gasteiger partial charge in [0.25, 0.3) is 5.91 Å².